The highest BCUT2D eigenvalue weighted by atomic mass is 16.6. The topological polar surface area (TPSA) is 38.8 Å². The Morgan fingerprint density at radius 2 is 2.07 bits per heavy atom. The lowest BCUT2D eigenvalue weighted by Gasteiger charge is -2.26. The molecular formula is C11H21NO3. The van der Waals surface area contributed by atoms with Gasteiger partial charge >= 0.3 is 6.09 Å². The molecule has 4 nitrogen and oxygen atoms in total. The van der Waals surface area contributed by atoms with E-state index < -0.39 is 11.7 Å². The molecule has 1 atom stereocenters. The van der Waals surface area contributed by atoms with Gasteiger partial charge in [0, 0.05) is 13.3 Å². The van der Waals surface area contributed by atoms with Crippen LogP contribution in [0.5, 0.6) is 0 Å². The third-order valence-electron chi connectivity index (χ3n) is 1.70. The van der Waals surface area contributed by atoms with Crippen LogP contribution in [0.25, 0.3) is 0 Å². The smallest absolute Gasteiger partial charge is 0.414 e. The Morgan fingerprint density at radius 3 is 2.40 bits per heavy atom. The van der Waals surface area contributed by atoms with E-state index in [9.17, 15) is 4.79 Å². The second-order valence-electron chi connectivity index (χ2n) is 4.36. The maximum Gasteiger partial charge on any atom is 0.414 e. The van der Waals surface area contributed by atoms with E-state index in [1.807, 2.05) is 27.7 Å². The Kier molecular flexibility index (Phi) is 5.36. The van der Waals surface area contributed by atoms with Gasteiger partial charge in [-0.15, -0.1) is 0 Å². The molecule has 1 amide bonds. The number of hydrogen-bond donors (Lipinski definition) is 0. The Morgan fingerprint density at radius 1 is 1.53 bits per heavy atom. The van der Waals surface area contributed by atoms with Gasteiger partial charge in [0.05, 0.1) is 12.6 Å². The molecule has 0 aromatic carbocycles. The minimum absolute atomic E-state index is 0.0458. The normalized spacial score (nSPS) is 13.1. The summed E-state index contributed by atoms with van der Waals surface area (Å²) in [6.45, 7) is 11.4. The number of hydrogen-bond acceptors (Lipinski definition) is 3. The summed E-state index contributed by atoms with van der Waals surface area (Å²) in [5.41, 5.74) is -0.491. The van der Waals surface area contributed by atoms with Crippen LogP contribution in [-0.2, 0) is 9.47 Å². The van der Waals surface area contributed by atoms with Gasteiger partial charge in [-0.25, -0.2) is 4.79 Å². The average Bonchev–Trinajstić information content (AvgIpc) is 2.10. The van der Waals surface area contributed by atoms with Crippen molar-refractivity contribution in [3.63, 3.8) is 0 Å². The minimum atomic E-state index is -0.491. The van der Waals surface area contributed by atoms with Crippen molar-refractivity contribution >= 4 is 6.09 Å². The van der Waals surface area contributed by atoms with Crippen molar-refractivity contribution in [2.24, 2.45) is 0 Å². The van der Waals surface area contributed by atoms with E-state index in [4.69, 9.17) is 9.47 Å². The molecule has 0 radical (unpaired) electrons. The van der Waals surface area contributed by atoms with Crippen LogP contribution in [0.15, 0.2) is 12.8 Å². The van der Waals surface area contributed by atoms with Crippen LogP contribution < -0.4 is 0 Å². The maximum absolute atomic E-state index is 11.6. The summed E-state index contributed by atoms with van der Waals surface area (Å²) in [5, 5.41) is 0. The molecule has 0 aliphatic rings. The molecule has 0 fully saturated rings. The molecule has 88 valence electrons. The Balaban J connectivity index is 4.29. The molecule has 0 aromatic rings. The van der Waals surface area contributed by atoms with Crippen LogP contribution in [0.4, 0.5) is 4.79 Å². The van der Waals surface area contributed by atoms with Crippen molar-refractivity contribution in [3.05, 3.63) is 12.8 Å². The predicted molar refractivity (Wildman–Crippen MR) is 59.6 cm³/mol. The fraction of sp³-hybridized carbons (Fsp3) is 0.727. The van der Waals surface area contributed by atoms with Gasteiger partial charge in [0.1, 0.15) is 5.60 Å². The monoisotopic (exact) mass is 215 g/mol. The van der Waals surface area contributed by atoms with Gasteiger partial charge in [-0.05, 0) is 27.7 Å². The molecule has 0 rings (SSSR count). The fourth-order valence-corrected chi connectivity index (χ4v) is 0.896. The third-order valence-corrected chi connectivity index (χ3v) is 1.70. The molecule has 0 bridgehead atoms. The molecule has 0 aromatic heterocycles. The summed E-state index contributed by atoms with van der Waals surface area (Å²) in [4.78, 5) is 13.0. The quantitative estimate of drug-likeness (QED) is 0.722. The molecular weight excluding hydrogens is 194 g/mol. The van der Waals surface area contributed by atoms with Crippen molar-refractivity contribution in [2.45, 2.75) is 39.4 Å². The van der Waals surface area contributed by atoms with Crippen LogP contribution in [0.2, 0.25) is 0 Å². The first-order valence-electron chi connectivity index (χ1n) is 4.95. The molecule has 0 saturated heterocycles. The van der Waals surface area contributed by atoms with Crippen molar-refractivity contribution in [1.82, 2.24) is 4.90 Å². The van der Waals surface area contributed by atoms with E-state index in [1.165, 1.54) is 11.1 Å². The SMILES string of the molecule is C=CN(CC(C)OC)C(=O)OC(C)(C)C. The molecule has 0 aliphatic carbocycles. The van der Waals surface area contributed by atoms with Crippen LogP contribution in [0.1, 0.15) is 27.7 Å². The van der Waals surface area contributed by atoms with E-state index in [1.54, 1.807) is 7.11 Å². The number of rotatable bonds is 4. The first kappa shape index (κ1) is 14.0. The first-order chi connectivity index (χ1) is 6.80. The van der Waals surface area contributed by atoms with Crippen molar-refractivity contribution in [1.29, 1.82) is 0 Å². The second kappa shape index (κ2) is 5.75. The van der Waals surface area contributed by atoms with Crippen LogP contribution in [-0.4, -0.2) is 36.4 Å². The van der Waals surface area contributed by atoms with E-state index in [0.717, 1.165) is 0 Å². The molecule has 0 aliphatic heterocycles. The highest BCUT2D eigenvalue weighted by Crippen LogP contribution is 2.10. The van der Waals surface area contributed by atoms with Gasteiger partial charge in [-0.1, -0.05) is 6.58 Å². The Bertz CT molecular complexity index is 220. The maximum atomic E-state index is 11.6. The highest BCUT2D eigenvalue weighted by molar-refractivity contribution is 5.69. The number of methoxy groups -OCH3 is 1. The predicted octanol–water partition coefficient (Wildman–Crippen LogP) is 2.40. The van der Waals surface area contributed by atoms with Crippen molar-refractivity contribution < 1.29 is 14.3 Å². The zero-order chi connectivity index (χ0) is 12.1. The summed E-state index contributed by atoms with van der Waals surface area (Å²) in [6.07, 6.45) is 1.00. The highest BCUT2D eigenvalue weighted by Gasteiger charge is 2.21. The minimum Gasteiger partial charge on any atom is -0.443 e. The Labute approximate surface area is 91.8 Å². The standard InChI is InChI=1S/C11H21NO3/c1-7-12(8-9(2)14-6)10(13)15-11(3,4)5/h7,9H,1,8H2,2-6H3. The van der Waals surface area contributed by atoms with E-state index in [0.29, 0.717) is 6.54 Å². The molecule has 0 heterocycles. The van der Waals surface area contributed by atoms with Crippen LogP contribution >= 0.6 is 0 Å². The van der Waals surface area contributed by atoms with E-state index in [2.05, 4.69) is 6.58 Å². The number of nitrogens with zero attached hydrogens (tertiary/aromatic N) is 1. The van der Waals surface area contributed by atoms with Gasteiger partial charge < -0.3 is 9.47 Å². The lowest BCUT2D eigenvalue weighted by molar-refractivity contribution is 0.0219. The van der Waals surface area contributed by atoms with Gasteiger partial charge in [-0.3, -0.25) is 4.90 Å². The van der Waals surface area contributed by atoms with Crippen molar-refractivity contribution in [2.75, 3.05) is 13.7 Å². The van der Waals surface area contributed by atoms with E-state index in [-0.39, 0.29) is 6.10 Å². The molecule has 1 unspecified atom stereocenters. The van der Waals surface area contributed by atoms with Gasteiger partial charge in [-0.2, -0.15) is 0 Å². The number of carbonyl (C=O) groups is 1. The van der Waals surface area contributed by atoms with Gasteiger partial charge in [0.2, 0.25) is 0 Å². The number of carbonyl (C=O) groups excluding carboxylic acids is 1. The third kappa shape index (κ3) is 6.12. The van der Waals surface area contributed by atoms with Gasteiger partial charge in [0.25, 0.3) is 0 Å². The summed E-state index contributed by atoms with van der Waals surface area (Å²) >= 11 is 0. The zero-order valence-corrected chi connectivity index (χ0v) is 10.2. The number of ether oxygens (including phenoxy) is 2. The molecule has 4 heteroatoms. The van der Waals surface area contributed by atoms with Crippen LogP contribution in [0.3, 0.4) is 0 Å². The largest absolute Gasteiger partial charge is 0.443 e. The van der Waals surface area contributed by atoms with E-state index >= 15 is 0 Å². The summed E-state index contributed by atoms with van der Waals surface area (Å²) in [7, 11) is 1.60. The molecule has 0 spiro atoms. The number of amides is 1. The van der Waals surface area contributed by atoms with Gasteiger partial charge in [0.15, 0.2) is 0 Å². The molecule has 0 N–H and O–H groups in total. The lowest BCUT2D eigenvalue weighted by Crippen LogP contribution is -2.37. The fourth-order valence-electron chi connectivity index (χ4n) is 0.896. The Hall–Kier alpha value is -1.03. The first-order valence-corrected chi connectivity index (χ1v) is 4.95. The molecule has 15 heavy (non-hydrogen) atoms. The van der Waals surface area contributed by atoms with Crippen molar-refractivity contribution in [3.8, 4) is 0 Å². The second-order valence-corrected chi connectivity index (χ2v) is 4.36. The van der Waals surface area contributed by atoms with Crippen LogP contribution in [0, 0.1) is 0 Å². The summed E-state index contributed by atoms with van der Waals surface area (Å²) < 4.78 is 10.3. The summed E-state index contributed by atoms with van der Waals surface area (Å²) in [6, 6.07) is 0. The zero-order valence-electron chi connectivity index (χ0n) is 10.2. The average molecular weight is 215 g/mol. The summed E-state index contributed by atoms with van der Waals surface area (Å²) in [5.74, 6) is 0. The molecule has 0 saturated carbocycles. The lowest BCUT2D eigenvalue weighted by atomic mass is 10.2.